The summed E-state index contributed by atoms with van der Waals surface area (Å²) in [5.74, 6) is -0.285. The summed E-state index contributed by atoms with van der Waals surface area (Å²) < 4.78 is 10.8. The molecule has 0 radical (unpaired) electrons. The molecule has 2 aromatic carbocycles. The normalized spacial score (nSPS) is 11.9. The number of benzene rings is 2. The van der Waals surface area contributed by atoms with E-state index in [-0.39, 0.29) is 17.1 Å². The van der Waals surface area contributed by atoms with Gasteiger partial charge in [-0.2, -0.15) is 0 Å². The van der Waals surface area contributed by atoms with Crippen molar-refractivity contribution in [2.75, 3.05) is 7.11 Å². The number of carboxylic acid groups (broad SMARTS) is 1. The van der Waals surface area contributed by atoms with Gasteiger partial charge in [-0.25, -0.2) is 9.78 Å². The maximum Gasteiger partial charge on any atom is 0.344 e. The minimum absolute atomic E-state index is 0.207. The Morgan fingerprint density at radius 2 is 1.96 bits per heavy atom. The third-order valence-corrected chi connectivity index (χ3v) is 3.71. The average molecular weight is 340 g/mol. The van der Waals surface area contributed by atoms with E-state index >= 15 is 0 Å². The summed E-state index contributed by atoms with van der Waals surface area (Å²) in [6, 6.07) is 12.0. The lowest BCUT2D eigenvalue weighted by Crippen LogP contribution is -2.23. The Balaban J connectivity index is 2.20. The van der Waals surface area contributed by atoms with E-state index in [0.29, 0.717) is 22.2 Å². The number of aromatic nitrogens is 2. The molecule has 3 aromatic rings. The predicted octanol–water partition coefficient (Wildman–Crippen LogP) is 2.45. The van der Waals surface area contributed by atoms with Crippen LogP contribution >= 0.6 is 0 Å². The van der Waals surface area contributed by atoms with Gasteiger partial charge in [-0.15, -0.1) is 0 Å². The second kappa shape index (κ2) is 6.64. The largest absolute Gasteiger partial charge is 0.493 e. The fraction of sp³-hybridized carbons (Fsp3) is 0.167. The summed E-state index contributed by atoms with van der Waals surface area (Å²) in [6.45, 7) is 1.41. The highest BCUT2D eigenvalue weighted by molar-refractivity contribution is 5.81. The number of nitrogens with zero attached hydrogens (tertiary/aromatic N) is 1. The van der Waals surface area contributed by atoms with Crippen molar-refractivity contribution in [2.24, 2.45) is 0 Å². The van der Waals surface area contributed by atoms with Gasteiger partial charge in [0.15, 0.2) is 17.6 Å². The topological polar surface area (TPSA) is 102 Å². The first-order valence-corrected chi connectivity index (χ1v) is 7.57. The van der Waals surface area contributed by atoms with E-state index in [0.717, 1.165) is 0 Å². The van der Waals surface area contributed by atoms with Crippen molar-refractivity contribution in [3.05, 3.63) is 52.8 Å². The lowest BCUT2D eigenvalue weighted by Gasteiger charge is -2.17. The van der Waals surface area contributed by atoms with Gasteiger partial charge in [0.05, 0.1) is 23.6 Å². The lowest BCUT2D eigenvalue weighted by molar-refractivity contribution is -0.144. The molecule has 0 saturated carbocycles. The number of methoxy groups -OCH3 is 1. The van der Waals surface area contributed by atoms with Crippen LogP contribution in [0.5, 0.6) is 11.5 Å². The number of ether oxygens (including phenoxy) is 2. The van der Waals surface area contributed by atoms with Crippen molar-refractivity contribution < 1.29 is 19.4 Å². The van der Waals surface area contributed by atoms with Crippen molar-refractivity contribution in [2.45, 2.75) is 13.0 Å². The molecule has 0 aliphatic rings. The Morgan fingerprint density at radius 3 is 2.68 bits per heavy atom. The molecule has 0 aliphatic heterocycles. The number of para-hydroxylation sites is 2. The van der Waals surface area contributed by atoms with Crippen molar-refractivity contribution in [1.82, 2.24) is 9.97 Å². The molecule has 1 atom stereocenters. The van der Waals surface area contributed by atoms with Crippen LogP contribution in [0.3, 0.4) is 0 Å². The highest BCUT2D eigenvalue weighted by Crippen LogP contribution is 2.37. The fourth-order valence-corrected chi connectivity index (χ4v) is 2.43. The van der Waals surface area contributed by atoms with Gasteiger partial charge in [0.1, 0.15) is 5.82 Å². The summed E-state index contributed by atoms with van der Waals surface area (Å²) >= 11 is 0. The van der Waals surface area contributed by atoms with Gasteiger partial charge >= 0.3 is 5.97 Å². The number of fused-ring (bicyclic) bond motifs is 1. The number of rotatable bonds is 5. The standard InChI is InChI=1S/C18H16N2O5/c1-10(18(22)23)25-15-12(7-5-9-14(15)24-2)16-19-13-8-4-3-6-11(13)17(21)20-16/h3-10H,1-2H3,(H,22,23)(H,19,20,21). The summed E-state index contributed by atoms with van der Waals surface area (Å²) in [6.07, 6.45) is -1.10. The molecule has 25 heavy (non-hydrogen) atoms. The van der Waals surface area contributed by atoms with E-state index in [1.165, 1.54) is 14.0 Å². The van der Waals surface area contributed by atoms with Gasteiger partial charge in [-0.3, -0.25) is 4.79 Å². The van der Waals surface area contributed by atoms with Gasteiger partial charge in [0.2, 0.25) is 0 Å². The van der Waals surface area contributed by atoms with Gasteiger partial charge in [-0.1, -0.05) is 18.2 Å². The van der Waals surface area contributed by atoms with Crippen LogP contribution in [0, 0.1) is 0 Å². The molecule has 0 spiro atoms. The molecule has 128 valence electrons. The van der Waals surface area contributed by atoms with Gasteiger partial charge < -0.3 is 19.6 Å². The Morgan fingerprint density at radius 1 is 1.20 bits per heavy atom. The van der Waals surface area contributed by atoms with E-state index in [2.05, 4.69) is 9.97 Å². The smallest absolute Gasteiger partial charge is 0.344 e. The highest BCUT2D eigenvalue weighted by Gasteiger charge is 2.20. The second-order valence-corrected chi connectivity index (χ2v) is 5.37. The number of carboxylic acids is 1. The number of aromatic amines is 1. The second-order valence-electron chi connectivity index (χ2n) is 5.37. The minimum atomic E-state index is -1.11. The molecule has 0 aliphatic carbocycles. The molecule has 7 nitrogen and oxygen atoms in total. The molecule has 0 saturated heterocycles. The molecule has 2 N–H and O–H groups in total. The van der Waals surface area contributed by atoms with Crippen LogP contribution in [-0.2, 0) is 4.79 Å². The summed E-state index contributed by atoms with van der Waals surface area (Å²) in [5.41, 5.74) is 0.678. The molecular weight excluding hydrogens is 324 g/mol. The molecule has 0 fully saturated rings. The Kier molecular flexibility index (Phi) is 4.38. The van der Waals surface area contributed by atoms with Crippen LogP contribution in [0.25, 0.3) is 22.3 Å². The monoisotopic (exact) mass is 340 g/mol. The Bertz CT molecular complexity index is 996. The van der Waals surface area contributed by atoms with Crippen LogP contribution < -0.4 is 15.0 Å². The van der Waals surface area contributed by atoms with E-state index in [4.69, 9.17) is 14.6 Å². The molecule has 1 unspecified atom stereocenters. The molecule has 0 bridgehead atoms. The van der Waals surface area contributed by atoms with Gasteiger partial charge in [-0.05, 0) is 31.2 Å². The quantitative estimate of drug-likeness (QED) is 0.740. The number of hydrogen-bond donors (Lipinski definition) is 2. The van der Waals surface area contributed by atoms with Gasteiger partial charge in [0.25, 0.3) is 5.56 Å². The number of aliphatic carboxylic acids is 1. The van der Waals surface area contributed by atoms with E-state index in [1.807, 2.05) is 0 Å². The third kappa shape index (κ3) is 3.16. The Labute approximate surface area is 142 Å². The van der Waals surface area contributed by atoms with Crippen molar-refractivity contribution in [3.63, 3.8) is 0 Å². The van der Waals surface area contributed by atoms with E-state index in [1.54, 1.807) is 42.5 Å². The predicted molar refractivity (Wildman–Crippen MR) is 92.1 cm³/mol. The highest BCUT2D eigenvalue weighted by atomic mass is 16.5. The fourth-order valence-electron chi connectivity index (χ4n) is 2.43. The number of H-pyrrole nitrogens is 1. The van der Waals surface area contributed by atoms with Crippen LogP contribution in [0.15, 0.2) is 47.3 Å². The van der Waals surface area contributed by atoms with Crippen molar-refractivity contribution in [1.29, 1.82) is 0 Å². The van der Waals surface area contributed by atoms with Crippen LogP contribution in [0.1, 0.15) is 6.92 Å². The zero-order valence-corrected chi connectivity index (χ0v) is 13.6. The van der Waals surface area contributed by atoms with Crippen molar-refractivity contribution >= 4 is 16.9 Å². The first-order chi connectivity index (χ1) is 12.0. The van der Waals surface area contributed by atoms with Crippen LogP contribution in [0.2, 0.25) is 0 Å². The van der Waals surface area contributed by atoms with Crippen LogP contribution in [0.4, 0.5) is 0 Å². The maximum atomic E-state index is 12.3. The Hall–Kier alpha value is -3.35. The lowest BCUT2D eigenvalue weighted by atomic mass is 10.1. The van der Waals surface area contributed by atoms with E-state index < -0.39 is 12.1 Å². The number of carbonyl (C=O) groups is 1. The minimum Gasteiger partial charge on any atom is -0.493 e. The first kappa shape index (κ1) is 16.5. The molecule has 7 heteroatoms. The summed E-state index contributed by atoms with van der Waals surface area (Å²) in [5, 5.41) is 9.58. The zero-order chi connectivity index (χ0) is 18.0. The summed E-state index contributed by atoms with van der Waals surface area (Å²) in [4.78, 5) is 30.6. The number of nitrogens with one attached hydrogen (secondary N) is 1. The first-order valence-electron chi connectivity index (χ1n) is 7.57. The third-order valence-electron chi connectivity index (χ3n) is 3.71. The van der Waals surface area contributed by atoms with Gasteiger partial charge in [0, 0.05) is 0 Å². The molecule has 0 amide bonds. The zero-order valence-electron chi connectivity index (χ0n) is 13.6. The molecule has 3 rings (SSSR count). The average Bonchev–Trinajstić information content (AvgIpc) is 2.61. The van der Waals surface area contributed by atoms with Crippen molar-refractivity contribution in [3.8, 4) is 22.9 Å². The van der Waals surface area contributed by atoms with Crippen LogP contribution in [-0.4, -0.2) is 34.3 Å². The van der Waals surface area contributed by atoms with E-state index in [9.17, 15) is 9.59 Å². The molecule has 1 heterocycles. The summed E-state index contributed by atoms with van der Waals surface area (Å²) in [7, 11) is 1.45. The SMILES string of the molecule is COc1cccc(-c2nc3ccccc3c(=O)[nH]2)c1OC(C)C(=O)O. The molecular formula is C18H16N2O5. The molecule has 1 aromatic heterocycles. The maximum absolute atomic E-state index is 12.3. The number of hydrogen-bond acceptors (Lipinski definition) is 5.